The minimum Gasteiger partial charge on any atom is -0.389 e. The van der Waals surface area contributed by atoms with Crippen molar-refractivity contribution in [2.24, 2.45) is 11.8 Å². The summed E-state index contributed by atoms with van der Waals surface area (Å²) in [4.78, 5) is 2.11. The summed E-state index contributed by atoms with van der Waals surface area (Å²) in [6.45, 7) is 12.1. The van der Waals surface area contributed by atoms with Crippen LogP contribution in [0.5, 0.6) is 0 Å². The Balaban J connectivity index is 3.05. The predicted octanol–water partition coefficient (Wildman–Crippen LogP) is 4.78. The molecule has 0 fully saturated rings. The molecule has 0 bridgehead atoms. The number of halogens is 1. The lowest BCUT2D eigenvalue weighted by molar-refractivity contribution is 0.199. The molecule has 1 aromatic carbocycles. The molecule has 0 heterocycles. The summed E-state index contributed by atoms with van der Waals surface area (Å²) in [6.07, 6.45) is 1.38. The number of rotatable bonds is 8. The van der Waals surface area contributed by atoms with E-state index in [9.17, 15) is 9.50 Å². The van der Waals surface area contributed by atoms with E-state index in [4.69, 9.17) is 0 Å². The van der Waals surface area contributed by atoms with Crippen molar-refractivity contribution in [1.82, 2.24) is 0 Å². The quantitative estimate of drug-likeness (QED) is 0.746. The molecule has 0 saturated heterocycles. The Hall–Kier alpha value is -1.09. The van der Waals surface area contributed by atoms with Gasteiger partial charge in [-0.3, -0.25) is 0 Å². The van der Waals surface area contributed by atoms with Crippen LogP contribution in [-0.4, -0.2) is 18.2 Å². The summed E-state index contributed by atoms with van der Waals surface area (Å²) >= 11 is 0. The molecule has 0 amide bonds. The van der Waals surface area contributed by atoms with Gasteiger partial charge in [0.15, 0.2) is 0 Å². The van der Waals surface area contributed by atoms with Gasteiger partial charge in [0.2, 0.25) is 0 Å². The zero-order chi connectivity index (χ0) is 16.0. The minimum atomic E-state index is -0.656. The van der Waals surface area contributed by atoms with Crippen molar-refractivity contribution < 1.29 is 9.50 Å². The predicted molar refractivity (Wildman–Crippen MR) is 88.2 cm³/mol. The van der Waals surface area contributed by atoms with Crippen LogP contribution in [0.25, 0.3) is 0 Å². The lowest BCUT2D eigenvalue weighted by Crippen LogP contribution is -2.29. The van der Waals surface area contributed by atoms with Crippen LogP contribution >= 0.6 is 0 Å². The first kappa shape index (κ1) is 18.0. The maximum Gasteiger partial charge on any atom is 0.146 e. The van der Waals surface area contributed by atoms with Gasteiger partial charge in [-0.1, -0.05) is 39.8 Å². The van der Waals surface area contributed by atoms with E-state index in [0.717, 1.165) is 25.9 Å². The third-order valence-corrected chi connectivity index (χ3v) is 3.74. The molecule has 1 rings (SSSR count). The van der Waals surface area contributed by atoms with Crippen molar-refractivity contribution in [3.63, 3.8) is 0 Å². The molecule has 0 unspecified atom stereocenters. The van der Waals surface area contributed by atoms with Crippen LogP contribution in [0.3, 0.4) is 0 Å². The smallest absolute Gasteiger partial charge is 0.146 e. The number of benzene rings is 1. The van der Waals surface area contributed by atoms with Crippen LogP contribution in [0, 0.1) is 17.7 Å². The van der Waals surface area contributed by atoms with Crippen molar-refractivity contribution in [2.45, 2.75) is 53.6 Å². The van der Waals surface area contributed by atoms with Crippen LogP contribution in [0.4, 0.5) is 10.1 Å². The fourth-order valence-corrected chi connectivity index (χ4v) is 2.37. The average molecular weight is 295 g/mol. The monoisotopic (exact) mass is 295 g/mol. The normalized spacial score (nSPS) is 13.0. The van der Waals surface area contributed by atoms with Crippen molar-refractivity contribution in [3.05, 3.63) is 29.6 Å². The molecule has 0 aliphatic carbocycles. The molecule has 0 saturated carbocycles. The van der Waals surface area contributed by atoms with E-state index in [1.54, 1.807) is 13.0 Å². The summed E-state index contributed by atoms with van der Waals surface area (Å²) in [6, 6.07) is 4.98. The summed E-state index contributed by atoms with van der Waals surface area (Å²) < 4.78 is 14.4. The molecule has 0 aliphatic heterocycles. The Bertz CT molecular complexity index is 417. The van der Waals surface area contributed by atoms with Crippen LogP contribution in [-0.2, 0) is 0 Å². The van der Waals surface area contributed by atoms with Gasteiger partial charge >= 0.3 is 0 Å². The highest BCUT2D eigenvalue weighted by molar-refractivity contribution is 5.55. The zero-order valence-corrected chi connectivity index (χ0v) is 14.1. The fraction of sp³-hybridized carbons (Fsp3) is 0.667. The van der Waals surface area contributed by atoms with E-state index in [0.29, 0.717) is 23.1 Å². The molecule has 21 heavy (non-hydrogen) atoms. The molecule has 0 aromatic heterocycles. The first-order valence-corrected chi connectivity index (χ1v) is 8.04. The van der Waals surface area contributed by atoms with Crippen LogP contribution in [0.2, 0.25) is 0 Å². The first-order chi connectivity index (χ1) is 9.82. The Morgan fingerprint density at radius 1 is 1.00 bits per heavy atom. The zero-order valence-electron chi connectivity index (χ0n) is 14.1. The second-order valence-electron chi connectivity index (χ2n) is 6.71. The number of aliphatic hydroxyl groups excluding tert-OH is 1. The van der Waals surface area contributed by atoms with Crippen molar-refractivity contribution >= 4 is 5.69 Å². The van der Waals surface area contributed by atoms with E-state index in [1.807, 2.05) is 6.07 Å². The molecule has 1 N–H and O–H groups in total. The highest BCUT2D eigenvalue weighted by Crippen LogP contribution is 2.30. The van der Waals surface area contributed by atoms with Gasteiger partial charge in [-0.15, -0.1) is 0 Å². The molecule has 120 valence electrons. The van der Waals surface area contributed by atoms with E-state index in [-0.39, 0.29) is 5.82 Å². The maximum absolute atomic E-state index is 14.4. The van der Waals surface area contributed by atoms with Gasteiger partial charge in [0, 0.05) is 18.7 Å². The first-order valence-electron chi connectivity index (χ1n) is 8.04. The summed E-state index contributed by atoms with van der Waals surface area (Å²) in [5.41, 5.74) is 1.26. The molecule has 0 spiro atoms. The van der Waals surface area contributed by atoms with Crippen LogP contribution in [0.15, 0.2) is 18.2 Å². The molecule has 0 radical (unpaired) electrons. The number of hydrogen-bond acceptors (Lipinski definition) is 2. The largest absolute Gasteiger partial charge is 0.389 e. The van der Waals surface area contributed by atoms with Gasteiger partial charge in [-0.25, -0.2) is 4.39 Å². The molecule has 1 atom stereocenters. The van der Waals surface area contributed by atoms with Gasteiger partial charge in [0.1, 0.15) is 5.82 Å². The minimum absolute atomic E-state index is 0.235. The Morgan fingerprint density at radius 2 is 1.52 bits per heavy atom. The highest BCUT2D eigenvalue weighted by Gasteiger charge is 2.19. The van der Waals surface area contributed by atoms with Gasteiger partial charge in [-0.05, 0) is 37.7 Å². The summed E-state index contributed by atoms with van der Waals surface area (Å²) in [7, 11) is 0. The second kappa shape index (κ2) is 8.38. The van der Waals surface area contributed by atoms with Gasteiger partial charge < -0.3 is 10.0 Å². The van der Waals surface area contributed by atoms with E-state index >= 15 is 0 Å². The second-order valence-corrected chi connectivity index (χ2v) is 6.71. The third-order valence-electron chi connectivity index (χ3n) is 3.74. The third kappa shape index (κ3) is 5.66. The highest BCUT2D eigenvalue weighted by atomic mass is 19.1. The van der Waals surface area contributed by atoms with Crippen LogP contribution < -0.4 is 4.90 Å². The molecule has 3 heteroatoms. The topological polar surface area (TPSA) is 23.5 Å². The Labute approximate surface area is 129 Å². The average Bonchev–Trinajstić information content (AvgIpc) is 2.38. The standard InChI is InChI=1S/C18H30FNO/c1-13(2)9-11-20(12-10-14(3)4)18-16(15(5)21)7-6-8-17(18)19/h6-8,13-15,21H,9-12H2,1-5H3/t15-/m1/s1. The van der Waals surface area contributed by atoms with E-state index < -0.39 is 6.10 Å². The molecule has 0 aliphatic rings. The van der Waals surface area contributed by atoms with Crippen molar-refractivity contribution in [3.8, 4) is 0 Å². The summed E-state index contributed by atoms with van der Waals surface area (Å²) in [5.74, 6) is 0.919. The lowest BCUT2D eigenvalue weighted by atomic mass is 10.0. The Morgan fingerprint density at radius 3 is 1.95 bits per heavy atom. The van der Waals surface area contributed by atoms with Crippen LogP contribution in [0.1, 0.15) is 59.1 Å². The number of aliphatic hydroxyl groups is 1. The molecular formula is C18H30FNO. The number of anilines is 1. The van der Waals surface area contributed by atoms with Gasteiger partial charge in [-0.2, -0.15) is 0 Å². The van der Waals surface area contributed by atoms with Crippen molar-refractivity contribution in [2.75, 3.05) is 18.0 Å². The number of para-hydroxylation sites is 1. The van der Waals surface area contributed by atoms with E-state index in [1.165, 1.54) is 6.07 Å². The number of hydrogen-bond donors (Lipinski definition) is 1. The Kier molecular flexibility index (Phi) is 7.16. The van der Waals surface area contributed by atoms with Gasteiger partial charge in [0.05, 0.1) is 11.8 Å². The summed E-state index contributed by atoms with van der Waals surface area (Å²) in [5, 5.41) is 9.94. The molecule has 2 nitrogen and oxygen atoms in total. The molecular weight excluding hydrogens is 265 g/mol. The SMILES string of the molecule is CC(C)CCN(CCC(C)C)c1c(F)cccc1[C@@H](C)O. The van der Waals surface area contributed by atoms with Gasteiger partial charge in [0.25, 0.3) is 0 Å². The molecule has 1 aromatic rings. The van der Waals surface area contributed by atoms with Crippen molar-refractivity contribution in [1.29, 1.82) is 0 Å². The lowest BCUT2D eigenvalue weighted by Gasteiger charge is -2.29. The fourth-order valence-electron chi connectivity index (χ4n) is 2.37. The van der Waals surface area contributed by atoms with E-state index in [2.05, 4.69) is 32.6 Å². The maximum atomic E-state index is 14.4. The number of nitrogens with zero attached hydrogens (tertiary/aromatic N) is 1.